The molecule has 140 valence electrons. The first-order chi connectivity index (χ1) is 12.3. The SMILES string of the molecule is COc1cc(Cl)c(C)cc1NC(=O)CNC(c1ccc(F)cc1)C(C)C. The van der Waals surface area contributed by atoms with Crippen LogP contribution in [0.15, 0.2) is 36.4 Å². The van der Waals surface area contributed by atoms with Crippen LogP contribution in [0, 0.1) is 18.7 Å². The van der Waals surface area contributed by atoms with Crippen molar-refractivity contribution < 1.29 is 13.9 Å². The molecule has 2 aromatic carbocycles. The van der Waals surface area contributed by atoms with Crippen molar-refractivity contribution in [3.05, 3.63) is 58.4 Å². The summed E-state index contributed by atoms with van der Waals surface area (Å²) in [7, 11) is 1.53. The second-order valence-corrected chi connectivity index (χ2v) is 6.91. The van der Waals surface area contributed by atoms with Crippen LogP contribution in [-0.2, 0) is 4.79 Å². The number of carbonyl (C=O) groups is 1. The molecule has 0 aliphatic rings. The maximum atomic E-state index is 13.1. The summed E-state index contributed by atoms with van der Waals surface area (Å²) in [4.78, 5) is 12.4. The second kappa shape index (κ2) is 9.01. The van der Waals surface area contributed by atoms with Gasteiger partial charge in [-0.2, -0.15) is 0 Å². The van der Waals surface area contributed by atoms with E-state index in [-0.39, 0.29) is 30.2 Å². The Morgan fingerprint density at radius 1 is 1.23 bits per heavy atom. The van der Waals surface area contributed by atoms with Crippen molar-refractivity contribution in [2.24, 2.45) is 5.92 Å². The number of anilines is 1. The Morgan fingerprint density at radius 2 is 1.88 bits per heavy atom. The average Bonchev–Trinajstić information content (AvgIpc) is 2.59. The van der Waals surface area contributed by atoms with E-state index in [0.29, 0.717) is 16.5 Å². The van der Waals surface area contributed by atoms with Crippen LogP contribution in [0.5, 0.6) is 5.75 Å². The van der Waals surface area contributed by atoms with E-state index in [1.807, 2.05) is 20.8 Å². The number of hydrogen-bond donors (Lipinski definition) is 2. The van der Waals surface area contributed by atoms with Gasteiger partial charge < -0.3 is 15.4 Å². The smallest absolute Gasteiger partial charge is 0.238 e. The lowest BCUT2D eigenvalue weighted by Gasteiger charge is -2.23. The molecule has 2 rings (SSSR count). The molecule has 0 heterocycles. The molecule has 2 aromatic rings. The summed E-state index contributed by atoms with van der Waals surface area (Å²) in [5, 5.41) is 6.65. The third-order valence-electron chi connectivity index (χ3n) is 4.13. The van der Waals surface area contributed by atoms with Gasteiger partial charge in [-0.1, -0.05) is 37.6 Å². The Labute approximate surface area is 158 Å². The lowest BCUT2D eigenvalue weighted by molar-refractivity contribution is -0.115. The number of benzene rings is 2. The number of nitrogens with one attached hydrogen (secondary N) is 2. The van der Waals surface area contributed by atoms with Gasteiger partial charge in [0.05, 0.1) is 19.3 Å². The number of hydrogen-bond acceptors (Lipinski definition) is 3. The molecule has 6 heteroatoms. The van der Waals surface area contributed by atoms with Gasteiger partial charge in [0.1, 0.15) is 11.6 Å². The summed E-state index contributed by atoms with van der Waals surface area (Å²) >= 11 is 6.09. The number of amides is 1. The predicted octanol–water partition coefficient (Wildman–Crippen LogP) is 4.72. The monoisotopic (exact) mass is 378 g/mol. The Bertz CT molecular complexity index is 763. The number of rotatable bonds is 7. The lowest BCUT2D eigenvalue weighted by atomic mass is 9.96. The van der Waals surface area contributed by atoms with Crippen LogP contribution in [0.2, 0.25) is 5.02 Å². The van der Waals surface area contributed by atoms with Gasteiger partial charge in [-0.15, -0.1) is 0 Å². The van der Waals surface area contributed by atoms with Crippen LogP contribution < -0.4 is 15.4 Å². The van der Waals surface area contributed by atoms with E-state index < -0.39 is 0 Å². The van der Waals surface area contributed by atoms with Gasteiger partial charge in [0, 0.05) is 17.1 Å². The molecule has 1 unspecified atom stereocenters. The zero-order valence-corrected chi connectivity index (χ0v) is 16.2. The van der Waals surface area contributed by atoms with E-state index in [2.05, 4.69) is 10.6 Å². The fourth-order valence-electron chi connectivity index (χ4n) is 2.74. The van der Waals surface area contributed by atoms with Gasteiger partial charge in [-0.05, 0) is 42.2 Å². The maximum absolute atomic E-state index is 13.1. The summed E-state index contributed by atoms with van der Waals surface area (Å²) < 4.78 is 18.4. The molecule has 0 radical (unpaired) electrons. The molecule has 0 fully saturated rings. The van der Waals surface area contributed by atoms with Crippen LogP contribution in [-0.4, -0.2) is 19.6 Å². The fourth-order valence-corrected chi connectivity index (χ4v) is 2.89. The number of methoxy groups -OCH3 is 1. The Morgan fingerprint density at radius 3 is 2.46 bits per heavy atom. The van der Waals surface area contributed by atoms with Crippen molar-refractivity contribution in [3.63, 3.8) is 0 Å². The first-order valence-electron chi connectivity index (χ1n) is 8.44. The largest absolute Gasteiger partial charge is 0.495 e. The molecule has 1 amide bonds. The van der Waals surface area contributed by atoms with Gasteiger partial charge >= 0.3 is 0 Å². The van der Waals surface area contributed by atoms with Crippen molar-refractivity contribution in [3.8, 4) is 5.75 Å². The van der Waals surface area contributed by atoms with Crippen molar-refractivity contribution in [1.29, 1.82) is 0 Å². The van der Waals surface area contributed by atoms with Crippen molar-refractivity contribution in [2.75, 3.05) is 19.0 Å². The molecule has 2 N–H and O–H groups in total. The molecule has 26 heavy (non-hydrogen) atoms. The zero-order valence-electron chi connectivity index (χ0n) is 15.4. The Hall–Kier alpha value is -2.11. The first kappa shape index (κ1) is 20.2. The van der Waals surface area contributed by atoms with Gasteiger partial charge in [-0.25, -0.2) is 4.39 Å². The summed E-state index contributed by atoms with van der Waals surface area (Å²) in [5.41, 5.74) is 2.36. The van der Waals surface area contributed by atoms with Crippen molar-refractivity contribution in [2.45, 2.75) is 26.8 Å². The molecule has 0 aliphatic carbocycles. The molecule has 0 saturated heterocycles. The van der Waals surface area contributed by atoms with Gasteiger partial charge in [-0.3, -0.25) is 4.79 Å². The third kappa shape index (κ3) is 5.19. The minimum absolute atomic E-state index is 0.0600. The standard InChI is InChI=1S/C20H24ClFN2O2/c1-12(2)20(14-5-7-15(22)8-6-14)23-11-19(25)24-17-9-13(3)16(21)10-18(17)26-4/h5-10,12,20,23H,11H2,1-4H3,(H,24,25). The number of halogens is 2. The minimum Gasteiger partial charge on any atom is -0.495 e. The highest BCUT2D eigenvalue weighted by molar-refractivity contribution is 6.31. The fraction of sp³-hybridized carbons (Fsp3) is 0.350. The maximum Gasteiger partial charge on any atom is 0.238 e. The van der Waals surface area contributed by atoms with Crippen molar-refractivity contribution >= 4 is 23.2 Å². The van der Waals surface area contributed by atoms with Crippen LogP contribution >= 0.6 is 11.6 Å². The Balaban J connectivity index is 2.05. The molecule has 1 atom stereocenters. The van der Waals surface area contributed by atoms with Crippen LogP contribution in [0.4, 0.5) is 10.1 Å². The molecule has 0 aromatic heterocycles. The van der Waals surface area contributed by atoms with Crippen LogP contribution in [0.3, 0.4) is 0 Å². The predicted molar refractivity (Wildman–Crippen MR) is 103 cm³/mol. The van der Waals surface area contributed by atoms with E-state index in [0.717, 1.165) is 11.1 Å². The zero-order chi connectivity index (χ0) is 19.3. The normalized spacial score (nSPS) is 12.1. The summed E-state index contributed by atoms with van der Waals surface area (Å²) in [6.07, 6.45) is 0. The minimum atomic E-state index is -0.279. The molecule has 4 nitrogen and oxygen atoms in total. The highest BCUT2D eigenvalue weighted by Crippen LogP contribution is 2.31. The van der Waals surface area contributed by atoms with E-state index in [4.69, 9.17) is 16.3 Å². The van der Waals surface area contributed by atoms with Crippen LogP contribution in [0.25, 0.3) is 0 Å². The highest BCUT2D eigenvalue weighted by Gasteiger charge is 2.17. The molecule has 0 saturated carbocycles. The van der Waals surface area contributed by atoms with Crippen LogP contribution in [0.1, 0.15) is 31.0 Å². The van der Waals surface area contributed by atoms with E-state index in [1.165, 1.54) is 19.2 Å². The molecule has 0 bridgehead atoms. The molecule has 0 aliphatic heterocycles. The molecule has 0 spiro atoms. The van der Waals surface area contributed by atoms with E-state index >= 15 is 0 Å². The highest BCUT2D eigenvalue weighted by atomic mass is 35.5. The summed E-state index contributed by atoms with van der Waals surface area (Å²) in [6.45, 7) is 6.07. The first-order valence-corrected chi connectivity index (χ1v) is 8.82. The van der Waals surface area contributed by atoms with Gasteiger partial charge in [0.25, 0.3) is 0 Å². The summed E-state index contributed by atoms with van der Waals surface area (Å²) in [6, 6.07) is 9.71. The quantitative estimate of drug-likeness (QED) is 0.732. The Kier molecular flexibility index (Phi) is 7.00. The lowest BCUT2D eigenvalue weighted by Crippen LogP contribution is -2.33. The second-order valence-electron chi connectivity index (χ2n) is 6.50. The third-order valence-corrected chi connectivity index (χ3v) is 4.54. The molecular weight excluding hydrogens is 355 g/mol. The van der Waals surface area contributed by atoms with Gasteiger partial charge in [0.15, 0.2) is 0 Å². The van der Waals surface area contributed by atoms with E-state index in [1.54, 1.807) is 24.3 Å². The number of ether oxygens (including phenoxy) is 1. The molecular formula is C20H24ClFN2O2. The van der Waals surface area contributed by atoms with Crippen molar-refractivity contribution in [1.82, 2.24) is 5.32 Å². The number of aryl methyl sites for hydroxylation is 1. The van der Waals surface area contributed by atoms with Gasteiger partial charge in [0.2, 0.25) is 5.91 Å². The number of carbonyl (C=O) groups excluding carboxylic acids is 1. The topological polar surface area (TPSA) is 50.4 Å². The summed E-state index contributed by atoms with van der Waals surface area (Å²) in [5.74, 6) is 0.269. The van der Waals surface area contributed by atoms with E-state index in [9.17, 15) is 9.18 Å². The average molecular weight is 379 g/mol.